The molecule has 0 saturated heterocycles. The van der Waals surface area contributed by atoms with Crippen LogP contribution in [0.15, 0.2) is 0 Å². The van der Waals surface area contributed by atoms with Gasteiger partial charge in [0.15, 0.2) is 0 Å². The minimum absolute atomic E-state index is 0.907. The molecule has 0 spiro atoms. The van der Waals surface area contributed by atoms with Gasteiger partial charge in [-0.1, -0.05) is 40.5 Å². The fraction of sp³-hybridized carbons (Fsp3) is 1.00. The Hall–Kier alpha value is 0. The summed E-state index contributed by atoms with van der Waals surface area (Å²) >= 11 is 0. The van der Waals surface area contributed by atoms with Crippen LogP contribution < -0.4 is 0 Å². The molecule has 1 saturated carbocycles. The zero-order chi connectivity index (χ0) is 9.14. The van der Waals surface area contributed by atoms with Gasteiger partial charge in [0.25, 0.3) is 0 Å². The molecule has 0 heterocycles. The average molecular weight is 168 g/mol. The van der Waals surface area contributed by atoms with E-state index in [0.29, 0.717) is 0 Å². The molecule has 72 valence electrons. The number of hydrogen-bond donors (Lipinski definition) is 0. The van der Waals surface area contributed by atoms with E-state index in [2.05, 4.69) is 27.7 Å². The molecule has 1 aliphatic carbocycles. The summed E-state index contributed by atoms with van der Waals surface area (Å²) in [6.45, 7) is 9.43. The first kappa shape index (κ1) is 10.1. The van der Waals surface area contributed by atoms with Gasteiger partial charge in [0, 0.05) is 0 Å². The summed E-state index contributed by atoms with van der Waals surface area (Å²) in [4.78, 5) is 0. The van der Waals surface area contributed by atoms with Crippen LogP contribution in [0.5, 0.6) is 0 Å². The number of unbranched alkanes of at least 4 members (excludes halogenated alkanes) is 1. The largest absolute Gasteiger partial charge is 0.0654 e. The maximum atomic E-state index is 2.44. The van der Waals surface area contributed by atoms with Gasteiger partial charge in [-0.2, -0.15) is 0 Å². The van der Waals surface area contributed by atoms with Gasteiger partial charge in [-0.15, -0.1) is 0 Å². The predicted molar refractivity (Wildman–Crippen MR) is 55.1 cm³/mol. The quantitative estimate of drug-likeness (QED) is 0.579. The molecule has 3 unspecified atom stereocenters. The lowest BCUT2D eigenvalue weighted by Crippen LogP contribution is -1.91. The Morgan fingerprint density at radius 2 is 1.83 bits per heavy atom. The van der Waals surface area contributed by atoms with Crippen LogP contribution >= 0.6 is 0 Å². The first-order valence-electron chi connectivity index (χ1n) is 5.66. The summed E-state index contributed by atoms with van der Waals surface area (Å²) in [6.07, 6.45) is 5.78. The molecule has 3 atom stereocenters. The molecule has 1 rings (SSSR count). The third-order valence-electron chi connectivity index (χ3n) is 3.39. The van der Waals surface area contributed by atoms with E-state index in [4.69, 9.17) is 0 Å². The molecule has 0 aliphatic heterocycles. The number of rotatable bonds is 5. The van der Waals surface area contributed by atoms with Crippen molar-refractivity contribution in [1.82, 2.24) is 0 Å². The van der Waals surface area contributed by atoms with E-state index in [1.54, 1.807) is 0 Å². The molecule has 1 fully saturated rings. The van der Waals surface area contributed by atoms with Crippen molar-refractivity contribution < 1.29 is 0 Å². The lowest BCUT2D eigenvalue weighted by Gasteiger charge is -2.02. The number of hydrogen-bond acceptors (Lipinski definition) is 0. The highest BCUT2D eigenvalue weighted by Gasteiger charge is 2.44. The van der Waals surface area contributed by atoms with Gasteiger partial charge >= 0.3 is 0 Å². The van der Waals surface area contributed by atoms with Crippen molar-refractivity contribution in [3.63, 3.8) is 0 Å². The molecule has 0 aromatic rings. The maximum absolute atomic E-state index is 2.44. The third-order valence-corrected chi connectivity index (χ3v) is 3.39. The van der Waals surface area contributed by atoms with Crippen LogP contribution in [-0.2, 0) is 0 Å². The summed E-state index contributed by atoms with van der Waals surface area (Å²) < 4.78 is 0. The third kappa shape index (κ3) is 2.50. The molecule has 0 radical (unpaired) electrons. The summed E-state index contributed by atoms with van der Waals surface area (Å²) in [5.74, 6) is 4.12. The molecule has 0 bridgehead atoms. The Morgan fingerprint density at radius 1 is 1.17 bits per heavy atom. The van der Waals surface area contributed by atoms with Crippen molar-refractivity contribution in [2.45, 2.75) is 53.4 Å². The topological polar surface area (TPSA) is 0 Å². The maximum Gasteiger partial charge on any atom is -0.0352 e. The van der Waals surface area contributed by atoms with E-state index in [-0.39, 0.29) is 0 Å². The summed E-state index contributed by atoms with van der Waals surface area (Å²) in [6, 6.07) is 0. The van der Waals surface area contributed by atoms with Gasteiger partial charge in [0.1, 0.15) is 0 Å². The first-order valence-corrected chi connectivity index (χ1v) is 5.66. The molecule has 0 N–H and O–H groups in total. The van der Waals surface area contributed by atoms with Crippen molar-refractivity contribution >= 4 is 0 Å². The van der Waals surface area contributed by atoms with E-state index >= 15 is 0 Å². The Labute approximate surface area is 77.7 Å². The SMILES string of the molecule is CCCCC1C(C)C1CC(C)C. The van der Waals surface area contributed by atoms with Crippen LogP contribution in [-0.4, -0.2) is 0 Å². The van der Waals surface area contributed by atoms with Gasteiger partial charge in [0.2, 0.25) is 0 Å². The molecular formula is C12H24. The first-order chi connectivity index (χ1) is 5.66. The van der Waals surface area contributed by atoms with E-state index in [1.807, 2.05) is 0 Å². The second kappa shape index (κ2) is 4.30. The van der Waals surface area contributed by atoms with Crippen molar-refractivity contribution in [2.75, 3.05) is 0 Å². The Bertz CT molecular complexity index is 126. The molecule has 0 nitrogen and oxygen atoms in total. The van der Waals surface area contributed by atoms with Crippen molar-refractivity contribution in [3.05, 3.63) is 0 Å². The predicted octanol–water partition coefficient (Wildman–Crippen LogP) is 4.10. The Morgan fingerprint density at radius 3 is 2.33 bits per heavy atom. The molecular weight excluding hydrogens is 144 g/mol. The zero-order valence-electron chi connectivity index (χ0n) is 9.14. The fourth-order valence-electron chi connectivity index (χ4n) is 2.49. The van der Waals surface area contributed by atoms with Crippen LogP contribution in [0.3, 0.4) is 0 Å². The van der Waals surface area contributed by atoms with E-state index in [1.165, 1.54) is 25.7 Å². The molecule has 12 heavy (non-hydrogen) atoms. The van der Waals surface area contributed by atoms with Gasteiger partial charge < -0.3 is 0 Å². The highest BCUT2D eigenvalue weighted by atomic mass is 14.5. The van der Waals surface area contributed by atoms with Gasteiger partial charge in [-0.05, 0) is 36.5 Å². The highest BCUT2D eigenvalue weighted by Crippen LogP contribution is 2.52. The van der Waals surface area contributed by atoms with E-state index in [9.17, 15) is 0 Å². The molecule has 0 aromatic heterocycles. The van der Waals surface area contributed by atoms with Crippen LogP contribution in [0.25, 0.3) is 0 Å². The monoisotopic (exact) mass is 168 g/mol. The minimum Gasteiger partial charge on any atom is -0.0654 e. The van der Waals surface area contributed by atoms with Crippen molar-refractivity contribution in [3.8, 4) is 0 Å². The molecule has 0 heteroatoms. The smallest absolute Gasteiger partial charge is 0.0352 e. The standard InChI is InChI=1S/C12H24/c1-5-6-7-11-10(4)12(11)8-9(2)3/h9-12H,5-8H2,1-4H3. The van der Waals surface area contributed by atoms with Crippen LogP contribution in [0.2, 0.25) is 0 Å². The Kier molecular flexibility index (Phi) is 3.61. The lowest BCUT2D eigenvalue weighted by atomic mass is 10.0. The highest BCUT2D eigenvalue weighted by molar-refractivity contribution is 4.93. The average Bonchev–Trinajstić information content (AvgIpc) is 2.57. The summed E-state index contributed by atoms with van der Waals surface area (Å²) in [7, 11) is 0. The summed E-state index contributed by atoms with van der Waals surface area (Å²) in [5.41, 5.74) is 0. The van der Waals surface area contributed by atoms with Crippen molar-refractivity contribution in [1.29, 1.82) is 0 Å². The summed E-state index contributed by atoms with van der Waals surface area (Å²) in [5, 5.41) is 0. The second-order valence-corrected chi connectivity index (χ2v) is 4.96. The van der Waals surface area contributed by atoms with Crippen LogP contribution in [0, 0.1) is 23.7 Å². The fourth-order valence-corrected chi connectivity index (χ4v) is 2.49. The van der Waals surface area contributed by atoms with E-state index < -0.39 is 0 Å². The van der Waals surface area contributed by atoms with E-state index in [0.717, 1.165) is 23.7 Å². The van der Waals surface area contributed by atoms with Crippen LogP contribution in [0.1, 0.15) is 53.4 Å². The lowest BCUT2D eigenvalue weighted by molar-refractivity contribution is 0.492. The van der Waals surface area contributed by atoms with Gasteiger partial charge in [-0.3, -0.25) is 0 Å². The normalized spacial score (nSPS) is 34.2. The molecule has 0 amide bonds. The van der Waals surface area contributed by atoms with Crippen LogP contribution in [0.4, 0.5) is 0 Å². The molecule has 1 aliphatic rings. The molecule has 0 aromatic carbocycles. The van der Waals surface area contributed by atoms with Gasteiger partial charge in [-0.25, -0.2) is 0 Å². The minimum atomic E-state index is 0.907. The zero-order valence-corrected chi connectivity index (χ0v) is 9.14. The Balaban J connectivity index is 2.14. The van der Waals surface area contributed by atoms with Gasteiger partial charge in [0.05, 0.1) is 0 Å². The second-order valence-electron chi connectivity index (χ2n) is 4.96. The van der Waals surface area contributed by atoms with Crippen molar-refractivity contribution in [2.24, 2.45) is 23.7 Å².